The normalized spacial score (nSPS) is 13.9. The Morgan fingerprint density at radius 1 is 1.00 bits per heavy atom. The maximum atomic E-state index is 12.8. The zero-order valence-electron chi connectivity index (χ0n) is 18.8. The second-order valence-corrected chi connectivity index (χ2v) is 8.50. The SMILES string of the molecule is COc1ccc(CCC(=O)N2CCN(c3ncnc4c3nnn4-c3ccc(Cl)cc3)CC2)cc1. The van der Waals surface area contributed by atoms with Crippen molar-refractivity contribution < 1.29 is 9.53 Å². The molecule has 0 unspecified atom stereocenters. The third-order valence-electron chi connectivity index (χ3n) is 6.01. The first kappa shape index (κ1) is 22.1. The molecule has 0 radical (unpaired) electrons. The van der Waals surface area contributed by atoms with Crippen LogP contribution in [-0.4, -0.2) is 69.1 Å². The minimum atomic E-state index is 0.164. The number of benzene rings is 2. The Hall–Kier alpha value is -3.72. The second-order valence-electron chi connectivity index (χ2n) is 8.06. The lowest BCUT2D eigenvalue weighted by atomic mass is 10.1. The number of hydrogen-bond donors (Lipinski definition) is 0. The van der Waals surface area contributed by atoms with Crippen molar-refractivity contribution in [3.63, 3.8) is 0 Å². The molecule has 34 heavy (non-hydrogen) atoms. The van der Waals surface area contributed by atoms with Crippen LogP contribution in [0.15, 0.2) is 54.9 Å². The summed E-state index contributed by atoms with van der Waals surface area (Å²) >= 11 is 6.00. The lowest BCUT2D eigenvalue weighted by Crippen LogP contribution is -2.49. The summed E-state index contributed by atoms with van der Waals surface area (Å²) in [4.78, 5) is 25.7. The van der Waals surface area contributed by atoms with Crippen LogP contribution < -0.4 is 9.64 Å². The number of fused-ring (bicyclic) bond motifs is 1. The van der Waals surface area contributed by atoms with Gasteiger partial charge in [0.25, 0.3) is 0 Å². The molecule has 0 spiro atoms. The number of aromatic nitrogens is 5. The lowest BCUT2D eigenvalue weighted by molar-refractivity contribution is -0.131. The number of hydrogen-bond acceptors (Lipinski definition) is 7. The highest BCUT2D eigenvalue weighted by molar-refractivity contribution is 6.30. The van der Waals surface area contributed by atoms with Crippen molar-refractivity contribution in [2.75, 3.05) is 38.2 Å². The van der Waals surface area contributed by atoms with E-state index in [0.29, 0.717) is 55.2 Å². The fourth-order valence-corrected chi connectivity index (χ4v) is 4.22. The van der Waals surface area contributed by atoms with Crippen LogP contribution in [0.3, 0.4) is 0 Å². The van der Waals surface area contributed by atoms with E-state index in [1.54, 1.807) is 23.9 Å². The smallest absolute Gasteiger partial charge is 0.223 e. The molecule has 1 saturated heterocycles. The van der Waals surface area contributed by atoms with E-state index in [1.165, 1.54) is 6.33 Å². The van der Waals surface area contributed by atoms with Crippen molar-refractivity contribution in [3.8, 4) is 11.4 Å². The monoisotopic (exact) mass is 477 g/mol. The molecule has 10 heteroatoms. The van der Waals surface area contributed by atoms with Crippen molar-refractivity contribution in [3.05, 3.63) is 65.4 Å². The van der Waals surface area contributed by atoms with E-state index in [9.17, 15) is 4.79 Å². The molecule has 0 N–H and O–H groups in total. The number of aryl methyl sites for hydroxylation is 1. The summed E-state index contributed by atoms with van der Waals surface area (Å²) in [6, 6.07) is 15.2. The Morgan fingerprint density at radius 2 is 1.74 bits per heavy atom. The van der Waals surface area contributed by atoms with E-state index in [0.717, 1.165) is 22.8 Å². The van der Waals surface area contributed by atoms with Gasteiger partial charge in [-0.05, 0) is 48.4 Å². The summed E-state index contributed by atoms with van der Waals surface area (Å²) in [5.41, 5.74) is 3.21. The molecule has 4 aromatic rings. The van der Waals surface area contributed by atoms with Crippen molar-refractivity contribution in [1.29, 1.82) is 0 Å². The highest BCUT2D eigenvalue weighted by atomic mass is 35.5. The van der Waals surface area contributed by atoms with E-state index in [4.69, 9.17) is 16.3 Å². The quantitative estimate of drug-likeness (QED) is 0.421. The maximum absolute atomic E-state index is 12.8. The summed E-state index contributed by atoms with van der Waals surface area (Å²) in [5.74, 6) is 1.71. The van der Waals surface area contributed by atoms with Crippen LogP contribution in [0.1, 0.15) is 12.0 Å². The molecule has 0 saturated carbocycles. The first-order chi connectivity index (χ1) is 16.6. The largest absolute Gasteiger partial charge is 0.497 e. The van der Waals surface area contributed by atoms with E-state index in [-0.39, 0.29) is 5.91 Å². The van der Waals surface area contributed by atoms with Gasteiger partial charge in [-0.3, -0.25) is 4.79 Å². The van der Waals surface area contributed by atoms with Crippen molar-refractivity contribution >= 4 is 34.5 Å². The molecule has 0 atom stereocenters. The van der Waals surface area contributed by atoms with Crippen molar-refractivity contribution in [1.82, 2.24) is 29.9 Å². The van der Waals surface area contributed by atoms with Gasteiger partial charge in [-0.25, -0.2) is 9.97 Å². The molecule has 2 aromatic carbocycles. The van der Waals surface area contributed by atoms with Gasteiger partial charge in [0.05, 0.1) is 12.8 Å². The predicted molar refractivity (Wildman–Crippen MR) is 130 cm³/mol. The first-order valence-corrected chi connectivity index (χ1v) is 11.5. The van der Waals surface area contributed by atoms with Crippen LogP contribution in [0.2, 0.25) is 5.02 Å². The Morgan fingerprint density at radius 3 is 2.44 bits per heavy atom. The number of nitrogens with zero attached hydrogens (tertiary/aromatic N) is 7. The molecular weight excluding hydrogens is 454 g/mol. The molecule has 2 aromatic heterocycles. The van der Waals surface area contributed by atoms with Crippen LogP contribution in [-0.2, 0) is 11.2 Å². The molecule has 174 valence electrons. The molecule has 1 aliphatic heterocycles. The number of methoxy groups -OCH3 is 1. The van der Waals surface area contributed by atoms with E-state index < -0.39 is 0 Å². The number of amides is 1. The summed E-state index contributed by atoms with van der Waals surface area (Å²) in [6.07, 6.45) is 2.72. The van der Waals surface area contributed by atoms with E-state index in [1.807, 2.05) is 41.3 Å². The highest BCUT2D eigenvalue weighted by Gasteiger charge is 2.24. The average Bonchev–Trinajstić information content (AvgIpc) is 3.32. The van der Waals surface area contributed by atoms with Gasteiger partial charge in [0.2, 0.25) is 5.91 Å². The number of anilines is 1. The minimum Gasteiger partial charge on any atom is -0.497 e. The van der Waals surface area contributed by atoms with Crippen LogP contribution in [0.4, 0.5) is 5.82 Å². The van der Waals surface area contributed by atoms with Gasteiger partial charge in [0.15, 0.2) is 17.0 Å². The highest BCUT2D eigenvalue weighted by Crippen LogP contribution is 2.24. The minimum absolute atomic E-state index is 0.164. The Labute approximate surface area is 201 Å². The second kappa shape index (κ2) is 9.64. The predicted octanol–water partition coefficient (Wildman–Crippen LogP) is 3.15. The summed E-state index contributed by atoms with van der Waals surface area (Å²) in [5, 5.41) is 9.28. The number of halogens is 1. The van der Waals surface area contributed by atoms with Gasteiger partial charge in [-0.15, -0.1) is 5.10 Å². The lowest BCUT2D eigenvalue weighted by Gasteiger charge is -2.35. The van der Waals surface area contributed by atoms with Crippen LogP contribution >= 0.6 is 11.6 Å². The van der Waals surface area contributed by atoms with Gasteiger partial charge in [-0.2, -0.15) is 4.68 Å². The fourth-order valence-electron chi connectivity index (χ4n) is 4.09. The standard InChI is InChI=1S/C24H24ClN7O2/c1-34-20-9-2-17(3-10-20)4-11-21(33)30-12-14-31(15-13-30)23-22-24(27-16-26-23)32(29-28-22)19-7-5-18(25)6-8-19/h2-3,5-10,16H,4,11-15H2,1H3. The number of rotatable bonds is 6. The molecule has 5 rings (SSSR count). The molecule has 1 fully saturated rings. The summed E-state index contributed by atoms with van der Waals surface area (Å²) in [6.45, 7) is 2.62. The van der Waals surface area contributed by atoms with Gasteiger partial charge < -0.3 is 14.5 Å². The third-order valence-corrected chi connectivity index (χ3v) is 6.26. The molecule has 1 aliphatic rings. The topological polar surface area (TPSA) is 89.3 Å². The van der Waals surface area contributed by atoms with Crippen molar-refractivity contribution in [2.24, 2.45) is 0 Å². The van der Waals surface area contributed by atoms with E-state index >= 15 is 0 Å². The zero-order chi connectivity index (χ0) is 23.5. The molecule has 0 bridgehead atoms. The Balaban J connectivity index is 1.23. The maximum Gasteiger partial charge on any atom is 0.223 e. The van der Waals surface area contributed by atoms with Gasteiger partial charge in [-0.1, -0.05) is 28.9 Å². The van der Waals surface area contributed by atoms with Gasteiger partial charge in [0.1, 0.15) is 12.1 Å². The van der Waals surface area contributed by atoms with E-state index in [2.05, 4.69) is 25.2 Å². The van der Waals surface area contributed by atoms with Crippen LogP contribution in [0.25, 0.3) is 16.9 Å². The number of carbonyl (C=O) groups is 1. The summed E-state index contributed by atoms with van der Waals surface area (Å²) in [7, 11) is 1.65. The van der Waals surface area contributed by atoms with Crippen molar-refractivity contribution in [2.45, 2.75) is 12.8 Å². The fraction of sp³-hybridized carbons (Fsp3) is 0.292. The third kappa shape index (κ3) is 4.51. The Kier molecular flexibility index (Phi) is 6.27. The van der Waals surface area contributed by atoms with Crippen LogP contribution in [0.5, 0.6) is 5.75 Å². The summed E-state index contributed by atoms with van der Waals surface area (Å²) < 4.78 is 6.86. The number of ether oxygens (including phenoxy) is 1. The molecule has 3 heterocycles. The number of piperazine rings is 1. The first-order valence-electron chi connectivity index (χ1n) is 11.1. The van der Waals surface area contributed by atoms with Crippen LogP contribution in [0, 0.1) is 0 Å². The average molecular weight is 478 g/mol. The zero-order valence-corrected chi connectivity index (χ0v) is 19.5. The molecule has 1 amide bonds. The molecular formula is C24H24ClN7O2. The number of carbonyl (C=O) groups excluding carboxylic acids is 1. The van der Waals surface area contributed by atoms with Gasteiger partial charge in [0, 0.05) is 37.6 Å². The Bertz CT molecular complexity index is 1280. The van der Waals surface area contributed by atoms with Gasteiger partial charge >= 0.3 is 0 Å². The molecule has 9 nitrogen and oxygen atoms in total. The molecule has 0 aliphatic carbocycles.